The summed E-state index contributed by atoms with van der Waals surface area (Å²) in [6, 6.07) is 0. The van der Waals surface area contributed by atoms with Gasteiger partial charge in [-0.2, -0.15) is 0 Å². The van der Waals surface area contributed by atoms with Crippen LogP contribution in [0.1, 0.15) is 38.5 Å². The second kappa shape index (κ2) is 5.03. The lowest BCUT2D eigenvalue weighted by Gasteiger charge is -2.40. The maximum atomic E-state index is 10.2. The second-order valence-corrected chi connectivity index (χ2v) is 5.82. The average Bonchev–Trinajstić information content (AvgIpc) is 2.65. The van der Waals surface area contributed by atoms with Gasteiger partial charge in [-0.05, 0) is 45.7 Å². The van der Waals surface area contributed by atoms with Crippen LogP contribution in [0.5, 0.6) is 0 Å². The Balaban J connectivity index is 1.90. The third kappa shape index (κ3) is 2.76. The Morgan fingerprint density at radius 3 is 2.69 bits per heavy atom. The predicted molar refractivity (Wildman–Crippen MR) is 64.4 cm³/mol. The fourth-order valence-electron chi connectivity index (χ4n) is 3.29. The van der Waals surface area contributed by atoms with Crippen LogP contribution in [0, 0.1) is 5.92 Å². The largest absolute Gasteiger partial charge is 0.392 e. The molecule has 1 N–H and O–H groups in total. The molecule has 0 aromatic rings. The van der Waals surface area contributed by atoms with Gasteiger partial charge >= 0.3 is 0 Å². The van der Waals surface area contributed by atoms with Crippen LogP contribution in [0.4, 0.5) is 0 Å². The van der Waals surface area contributed by atoms with Crippen LogP contribution in [-0.2, 0) is 4.74 Å². The maximum Gasteiger partial charge on any atom is 0.0696 e. The lowest BCUT2D eigenvalue weighted by atomic mass is 9.81. The van der Waals surface area contributed by atoms with Gasteiger partial charge in [0.2, 0.25) is 0 Å². The molecule has 2 fully saturated rings. The molecule has 1 spiro atoms. The van der Waals surface area contributed by atoms with Gasteiger partial charge in [0.25, 0.3) is 0 Å². The van der Waals surface area contributed by atoms with E-state index >= 15 is 0 Å². The minimum atomic E-state index is -0.184. The molecule has 0 aromatic carbocycles. The first-order chi connectivity index (χ1) is 7.61. The van der Waals surface area contributed by atoms with Gasteiger partial charge in [-0.1, -0.05) is 12.8 Å². The molecule has 3 heteroatoms. The molecule has 2 aliphatic rings. The van der Waals surface area contributed by atoms with Crippen molar-refractivity contribution in [1.29, 1.82) is 0 Å². The molecule has 94 valence electrons. The van der Waals surface area contributed by atoms with E-state index in [9.17, 15) is 5.11 Å². The zero-order chi connectivity index (χ0) is 11.6. The van der Waals surface area contributed by atoms with E-state index in [4.69, 9.17) is 4.74 Å². The maximum absolute atomic E-state index is 10.2. The number of nitrogens with zero attached hydrogens (tertiary/aromatic N) is 1. The minimum Gasteiger partial charge on any atom is -0.392 e. The second-order valence-electron chi connectivity index (χ2n) is 5.82. The summed E-state index contributed by atoms with van der Waals surface area (Å²) in [5.74, 6) is 0.439. The zero-order valence-corrected chi connectivity index (χ0v) is 10.6. The molecule has 1 saturated carbocycles. The first-order valence-electron chi connectivity index (χ1n) is 6.58. The van der Waals surface area contributed by atoms with E-state index < -0.39 is 0 Å². The van der Waals surface area contributed by atoms with Gasteiger partial charge in [0.05, 0.1) is 11.7 Å². The lowest BCUT2D eigenvalue weighted by Crippen LogP contribution is -2.43. The highest BCUT2D eigenvalue weighted by Gasteiger charge is 2.41. The van der Waals surface area contributed by atoms with E-state index in [1.165, 1.54) is 25.7 Å². The van der Waals surface area contributed by atoms with E-state index in [1.54, 1.807) is 0 Å². The summed E-state index contributed by atoms with van der Waals surface area (Å²) in [4.78, 5) is 2.07. The molecule has 1 saturated heterocycles. The monoisotopic (exact) mass is 227 g/mol. The third-order valence-electron chi connectivity index (χ3n) is 4.14. The van der Waals surface area contributed by atoms with E-state index in [2.05, 4.69) is 4.90 Å². The lowest BCUT2D eigenvalue weighted by molar-refractivity contribution is -0.114. The van der Waals surface area contributed by atoms with Gasteiger partial charge in [-0.15, -0.1) is 0 Å². The van der Waals surface area contributed by atoms with Gasteiger partial charge in [0.1, 0.15) is 0 Å². The van der Waals surface area contributed by atoms with Crippen molar-refractivity contribution in [1.82, 2.24) is 4.90 Å². The van der Waals surface area contributed by atoms with Crippen LogP contribution < -0.4 is 0 Å². The van der Waals surface area contributed by atoms with Crippen LogP contribution in [0.15, 0.2) is 0 Å². The van der Waals surface area contributed by atoms with Crippen molar-refractivity contribution in [3.8, 4) is 0 Å². The van der Waals surface area contributed by atoms with Crippen LogP contribution in [0.3, 0.4) is 0 Å². The highest BCUT2D eigenvalue weighted by molar-refractivity contribution is 4.93. The molecule has 1 aliphatic heterocycles. The number of hydrogen-bond acceptors (Lipinski definition) is 3. The summed E-state index contributed by atoms with van der Waals surface area (Å²) in [6.45, 7) is 1.62. The van der Waals surface area contributed by atoms with Crippen molar-refractivity contribution in [2.75, 3.05) is 27.2 Å². The molecular formula is C13H25NO2. The predicted octanol–water partition coefficient (Wildman–Crippen LogP) is 1.65. The number of rotatable bonds is 3. The van der Waals surface area contributed by atoms with Crippen LogP contribution in [0.2, 0.25) is 0 Å². The molecule has 1 aliphatic carbocycles. The highest BCUT2D eigenvalue weighted by Crippen LogP contribution is 2.42. The van der Waals surface area contributed by atoms with Crippen molar-refractivity contribution < 1.29 is 9.84 Å². The SMILES string of the molecule is CN(C)CC(O)C1CCOC2(CCCC2)C1. The zero-order valence-electron chi connectivity index (χ0n) is 10.6. The standard InChI is InChI=1S/C13H25NO2/c1-14(2)10-12(15)11-5-8-16-13(9-11)6-3-4-7-13/h11-12,15H,3-10H2,1-2H3. The number of aliphatic hydroxyl groups excluding tert-OH is 1. The van der Waals surface area contributed by atoms with Crippen molar-refractivity contribution in [3.63, 3.8) is 0 Å². The molecule has 0 bridgehead atoms. The highest BCUT2D eigenvalue weighted by atomic mass is 16.5. The Bertz CT molecular complexity index is 224. The molecule has 3 nitrogen and oxygen atoms in total. The first kappa shape index (κ1) is 12.3. The number of hydrogen-bond donors (Lipinski definition) is 1. The summed E-state index contributed by atoms with van der Waals surface area (Å²) >= 11 is 0. The molecule has 2 atom stereocenters. The van der Waals surface area contributed by atoms with Crippen LogP contribution >= 0.6 is 0 Å². The van der Waals surface area contributed by atoms with Gasteiger partial charge < -0.3 is 14.7 Å². The Hall–Kier alpha value is -0.120. The van der Waals surface area contributed by atoms with E-state index in [1.807, 2.05) is 14.1 Å². The summed E-state index contributed by atoms with van der Waals surface area (Å²) in [5.41, 5.74) is 0.135. The Morgan fingerprint density at radius 1 is 1.38 bits per heavy atom. The van der Waals surface area contributed by atoms with Crippen molar-refractivity contribution >= 4 is 0 Å². The minimum absolute atomic E-state index is 0.135. The first-order valence-corrected chi connectivity index (χ1v) is 6.58. The summed E-state index contributed by atoms with van der Waals surface area (Å²) in [7, 11) is 4.04. The van der Waals surface area contributed by atoms with Gasteiger partial charge in [-0.3, -0.25) is 0 Å². The molecule has 2 unspecified atom stereocenters. The molecule has 0 amide bonds. The smallest absolute Gasteiger partial charge is 0.0696 e. The van der Waals surface area contributed by atoms with Gasteiger partial charge in [-0.25, -0.2) is 0 Å². The van der Waals surface area contributed by atoms with Crippen molar-refractivity contribution in [2.24, 2.45) is 5.92 Å². The molecule has 2 rings (SSSR count). The fourth-order valence-corrected chi connectivity index (χ4v) is 3.29. The van der Waals surface area contributed by atoms with E-state index in [-0.39, 0.29) is 11.7 Å². The molecule has 0 aromatic heterocycles. The Morgan fingerprint density at radius 2 is 2.06 bits per heavy atom. The van der Waals surface area contributed by atoms with Crippen molar-refractivity contribution in [3.05, 3.63) is 0 Å². The molecule has 16 heavy (non-hydrogen) atoms. The average molecular weight is 227 g/mol. The Labute approximate surface area is 98.8 Å². The molecular weight excluding hydrogens is 202 g/mol. The third-order valence-corrected chi connectivity index (χ3v) is 4.14. The normalized spacial score (nSPS) is 31.1. The van der Waals surface area contributed by atoms with Crippen LogP contribution in [-0.4, -0.2) is 49.0 Å². The quantitative estimate of drug-likeness (QED) is 0.795. The van der Waals surface area contributed by atoms with Crippen LogP contribution in [0.25, 0.3) is 0 Å². The van der Waals surface area contributed by atoms with E-state index in [0.717, 1.165) is 26.0 Å². The van der Waals surface area contributed by atoms with E-state index in [0.29, 0.717) is 5.92 Å². The topological polar surface area (TPSA) is 32.7 Å². The van der Waals surface area contributed by atoms with Gasteiger partial charge in [0, 0.05) is 13.2 Å². The molecule has 0 radical (unpaired) electrons. The summed E-state index contributed by atoms with van der Waals surface area (Å²) in [5, 5.41) is 10.2. The van der Waals surface area contributed by atoms with Crippen molar-refractivity contribution in [2.45, 2.75) is 50.2 Å². The number of likely N-dealkylation sites (N-methyl/N-ethyl adjacent to an activating group) is 1. The number of ether oxygens (including phenoxy) is 1. The fraction of sp³-hybridized carbons (Fsp3) is 1.00. The summed E-state index contributed by atoms with van der Waals surface area (Å²) in [6.07, 6.45) is 6.93. The Kier molecular flexibility index (Phi) is 3.88. The van der Waals surface area contributed by atoms with Gasteiger partial charge in [0.15, 0.2) is 0 Å². The number of aliphatic hydroxyl groups is 1. The summed E-state index contributed by atoms with van der Waals surface area (Å²) < 4.78 is 5.99. The molecule has 1 heterocycles.